The summed E-state index contributed by atoms with van der Waals surface area (Å²) in [7, 11) is 2.37. The van der Waals surface area contributed by atoms with E-state index >= 15 is 0 Å². The first-order valence-corrected chi connectivity index (χ1v) is 8.68. The zero-order chi connectivity index (χ0) is 13.7. The molecule has 112 valence electrons. The molecule has 0 aliphatic heterocycles. The third-order valence-electron chi connectivity index (χ3n) is 5.66. The summed E-state index contributed by atoms with van der Waals surface area (Å²) in [6.07, 6.45) is 11.5. The van der Waals surface area contributed by atoms with E-state index in [9.17, 15) is 0 Å². The van der Waals surface area contributed by atoms with Gasteiger partial charge in [0.1, 0.15) is 0 Å². The third kappa shape index (κ3) is 4.19. The molecule has 2 heteroatoms. The second-order valence-electron chi connectivity index (χ2n) is 6.88. The summed E-state index contributed by atoms with van der Waals surface area (Å²) in [6.45, 7) is 7.05. The van der Waals surface area contributed by atoms with E-state index in [1.807, 2.05) is 0 Å². The highest BCUT2D eigenvalue weighted by atomic mass is 15.1. The number of nitrogens with zero attached hydrogens (tertiary/aromatic N) is 1. The molecule has 0 amide bonds. The van der Waals surface area contributed by atoms with Crippen molar-refractivity contribution in [3.05, 3.63) is 0 Å². The van der Waals surface area contributed by atoms with Crippen LogP contribution in [0.4, 0.5) is 0 Å². The largest absolute Gasteiger partial charge is 0.314 e. The first kappa shape index (κ1) is 15.3. The Morgan fingerprint density at radius 1 is 1.00 bits per heavy atom. The topological polar surface area (TPSA) is 15.3 Å². The minimum Gasteiger partial charge on any atom is -0.314 e. The predicted octanol–water partition coefficient (Wildman–Crippen LogP) is 3.67. The Hall–Kier alpha value is -0.0800. The van der Waals surface area contributed by atoms with Crippen molar-refractivity contribution in [2.45, 2.75) is 77.3 Å². The van der Waals surface area contributed by atoms with Crippen molar-refractivity contribution in [2.75, 3.05) is 20.1 Å². The van der Waals surface area contributed by atoms with E-state index in [-0.39, 0.29) is 0 Å². The lowest BCUT2D eigenvalue weighted by molar-refractivity contribution is 0.138. The van der Waals surface area contributed by atoms with Crippen LogP contribution in [0.2, 0.25) is 0 Å². The van der Waals surface area contributed by atoms with Crippen molar-refractivity contribution in [2.24, 2.45) is 11.8 Å². The molecule has 2 rings (SSSR count). The first-order chi connectivity index (χ1) is 9.24. The summed E-state index contributed by atoms with van der Waals surface area (Å²) in [5, 5.41) is 3.69. The van der Waals surface area contributed by atoms with Gasteiger partial charge in [0.05, 0.1) is 0 Å². The van der Waals surface area contributed by atoms with Crippen LogP contribution in [0.1, 0.15) is 65.2 Å². The molecule has 0 bridgehead atoms. The summed E-state index contributed by atoms with van der Waals surface area (Å²) in [4.78, 5) is 2.69. The minimum atomic E-state index is 0.791. The number of nitrogens with one attached hydrogen (secondary N) is 1. The average Bonchev–Trinajstić information content (AvgIpc) is 2.86. The van der Waals surface area contributed by atoms with Crippen LogP contribution in [-0.4, -0.2) is 37.1 Å². The normalized spacial score (nSPS) is 36.0. The van der Waals surface area contributed by atoms with E-state index in [4.69, 9.17) is 0 Å². The van der Waals surface area contributed by atoms with Crippen molar-refractivity contribution in [3.8, 4) is 0 Å². The molecule has 0 spiro atoms. The monoisotopic (exact) mass is 266 g/mol. The molecule has 1 N–H and O–H groups in total. The third-order valence-corrected chi connectivity index (χ3v) is 5.66. The molecule has 2 unspecified atom stereocenters. The van der Waals surface area contributed by atoms with Gasteiger partial charge < -0.3 is 10.2 Å². The van der Waals surface area contributed by atoms with Gasteiger partial charge in [-0.3, -0.25) is 0 Å². The summed E-state index contributed by atoms with van der Waals surface area (Å²) < 4.78 is 0. The van der Waals surface area contributed by atoms with Crippen LogP contribution in [0.25, 0.3) is 0 Å². The minimum absolute atomic E-state index is 0.791. The molecular formula is C17H34N2. The maximum Gasteiger partial charge on any atom is 0.0107 e. The highest BCUT2D eigenvalue weighted by Crippen LogP contribution is 2.31. The molecule has 2 aliphatic carbocycles. The van der Waals surface area contributed by atoms with E-state index in [1.54, 1.807) is 0 Å². The van der Waals surface area contributed by atoms with E-state index in [1.165, 1.54) is 57.9 Å². The van der Waals surface area contributed by atoms with Crippen molar-refractivity contribution >= 4 is 0 Å². The van der Waals surface area contributed by atoms with Gasteiger partial charge in [-0.1, -0.05) is 26.7 Å². The van der Waals surface area contributed by atoms with E-state index < -0.39 is 0 Å². The zero-order valence-electron chi connectivity index (χ0n) is 13.3. The summed E-state index contributed by atoms with van der Waals surface area (Å²) >= 11 is 0. The van der Waals surface area contributed by atoms with Gasteiger partial charge in [0.2, 0.25) is 0 Å². The highest BCUT2D eigenvalue weighted by molar-refractivity contribution is 4.86. The molecule has 2 fully saturated rings. The fourth-order valence-electron chi connectivity index (χ4n) is 4.30. The molecule has 0 radical (unpaired) electrons. The molecule has 2 nitrogen and oxygen atoms in total. The second-order valence-corrected chi connectivity index (χ2v) is 6.88. The van der Waals surface area contributed by atoms with Crippen molar-refractivity contribution < 1.29 is 0 Å². The lowest BCUT2D eigenvalue weighted by Gasteiger charge is -2.36. The SMILES string of the molecule is CCNC1CCCC1CN(C)C1CCC(CC)CC1. The van der Waals surface area contributed by atoms with Crippen molar-refractivity contribution in [1.29, 1.82) is 0 Å². The van der Waals surface area contributed by atoms with Gasteiger partial charge in [-0.2, -0.15) is 0 Å². The van der Waals surface area contributed by atoms with Gasteiger partial charge in [-0.25, -0.2) is 0 Å². The van der Waals surface area contributed by atoms with Crippen LogP contribution in [0, 0.1) is 11.8 Å². The maximum absolute atomic E-state index is 3.69. The molecule has 19 heavy (non-hydrogen) atoms. The van der Waals surface area contributed by atoms with Crippen LogP contribution in [-0.2, 0) is 0 Å². The zero-order valence-corrected chi connectivity index (χ0v) is 13.3. The molecule has 0 heterocycles. The van der Waals surface area contributed by atoms with Gasteiger partial charge >= 0.3 is 0 Å². The Morgan fingerprint density at radius 2 is 1.74 bits per heavy atom. The van der Waals surface area contributed by atoms with E-state index in [0.717, 1.165) is 30.5 Å². The van der Waals surface area contributed by atoms with Crippen LogP contribution < -0.4 is 5.32 Å². The Kier molecular flexibility index (Phi) is 6.15. The Labute approximate surface area is 120 Å². The fourth-order valence-corrected chi connectivity index (χ4v) is 4.30. The quantitative estimate of drug-likeness (QED) is 0.789. The Balaban J connectivity index is 1.76. The van der Waals surface area contributed by atoms with Crippen molar-refractivity contribution in [3.63, 3.8) is 0 Å². The van der Waals surface area contributed by atoms with Gasteiger partial charge in [-0.05, 0) is 64.0 Å². The molecular weight excluding hydrogens is 232 g/mol. The fraction of sp³-hybridized carbons (Fsp3) is 1.00. The molecule has 0 aromatic rings. The Bertz CT molecular complexity index is 246. The summed E-state index contributed by atoms with van der Waals surface area (Å²) in [6, 6.07) is 1.66. The molecule has 0 saturated heterocycles. The average molecular weight is 266 g/mol. The van der Waals surface area contributed by atoms with Crippen LogP contribution in [0.5, 0.6) is 0 Å². The summed E-state index contributed by atoms with van der Waals surface area (Å²) in [5.74, 6) is 1.92. The van der Waals surface area contributed by atoms with Gasteiger partial charge in [0.25, 0.3) is 0 Å². The second kappa shape index (κ2) is 7.64. The van der Waals surface area contributed by atoms with Crippen LogP contribution in [0.3, 0.4) is 0 Å². The standard InChI is InChI=1S/C17H34N2/c1-4-14-9-11-16(12-10-14)19(3)13-15-7-6-8-17(15)18-5-2/h14-18H,4-13H2,1-3H3. The highest BCUT2D eigenvalue weighted by Gasteiger charge is 2.30. The number of rotatable bonds is 6. The van der Waals surface area contributed by atoms with Crippen LogP contribution in [0.15, 0.2) is 0 Å². The Morgan fingerprint density at radius 3 is 2.37 bits per heavy atom. The van der Waals surface area contributed by atoms with Gasteiger partial charge in [-0.15, -0.1) is 0 Å². The van der Waals surface area contributed by atoms with E-state index in [0.29, 0.717) is 0 Å². The predicted molar refractivity (Wildman–Crippen MR) is 83.5 cm³/mol. The van der Waals surface area contributed by atoms with Gasteiger partial charge in [0.15, 0.2) is 0 Å². The smallest absolute Gasteiger partial charge is 0.0107 e. The van der Waals surface area contributed by atoms with Gasteiger partial charge in [0, 0.05) is 18.6 Å². The lowest BCUT2D eigenvalue weighted by Crippen LogP contribution is -2.42. The summed E-state index contributed by atoms with van der Waals surface area (Å²) in [5.41, 5.74) is 0. The molecule has 2 aliphatic rings. The molecule has 0 aromatic heterocycles. The van der Waals surface area contributed by atoms with Crippen molar-refractivity contribution in [1.82, 2.24) is 10.2 Å². The number of hydrogen-bond donors (Lipinski definition) is 1. The van der Waals surface area contributed by atoms with E-state index in [2.05, 4.69) is 31.1 Å². The maximum atomic E-state index is 3.69. The molecule has 2 atom stereocenters. The first-order valence-electron chi connectivity index (χ1n) is 8.68. The molecule has 2 saturated carbocycles. The molecule has 0 aromatic carbocycles. The van der Waals surface area contributed by atoms with Crippen LogP contribution >= 0.6 is 0 Å². The number of hydrogen-bond acceptors (Lipinski definition) is 2. The lowest BCUT2D eigenvalue weighted by atomic mass is 9.84.